The van der Waals surface area contributed by atoms with Crippen molar-refractivity contribution in [3.05, 3.63) is 65.9 Å². The molecule has 0 unspecified atom stereocenters. The summed E-state index contributed by atoms with van der Waals surface area (Å²) in [6, 6.07) is 12.3. The van der Waals surface area contributed by atoms with E-state index in [9.17, 15) is 18.4 Å². The van der Waals surface area contributed by atoms with Gasteiger partial charge in [0, 0.05) is 22.7 Å². The summed E-state index contributed by atoms with van der Waals surface area (Å²) in [7, 11) is 0. The second-order valence-electron chi connectivity index (χ2n) is 5.56. The summed E-state index contributed by atoms with van der Waals surface area (Å²) in [6.45, 7) is -1.46. The highest BCUT2D eigenvalue weighted by Crippen LogP contribution is 2.21. The van der Waals surface area contributed by atoms with Gasteiger partial charge in [-0.05, 0) is 37.3 Å². The zero-order valence-corrected chi connectivity index (χ0v) is 13.7. The van der Waals surface area contributed by atoms with Gasteiger partial charge in [0.15, 0.2) is 6.10 Å². The van der Waals surface area contributed by atoms with Crippen LogP contribution in [0, 0.1) is 0 Å². The highest BCUT2D eigenvalue weighted by atomic mass is 19.3. The SMILES string of the molecule is C[C@H](OC(=O)c1ccc(OC(F)F)cc1)C(=O)c1c[nH]c2ccccc12. The molecule has 134 valence electrons. The van der Waals surface area contributed by atoms with E-state index >= 15 is 0 Å². The van der Waals surface area contributed by atoms with Gasteiger partial charge in [-0.1, -0.05) is 18.2 Å². The number of hydrogen-bond acceptors (Lipinski definition) is 4. The molecule has 1 aromatic heterocycles. The van der Waals surface area contributed by atoms with Crippen LogP contribution < -0.4 is 4.74 Å². The maximum Gasteiger partial charge on any atom is 0.387 e. The lowest BCUT2D eigenvalue weighted by Crippen LogP contribution is -2.24. The van der Waals surface area contributed by atoms with Gasteiger partial charge in [0.1, 0.15) is 5.75 Å². The fourth-order valence-corrected chi connectivity index (χ4v) is 2.55. The van der Waals surface area contributed by atoms with Gasteiger partial charge >= 0.3 is 12.6 Å². The van der Waals surface area contributed by atoms with Gasteiger partial charge in [0.2, 0.25) is 5.78 Å². The van der Waals surface area contributed by atoms with Gasteiger partial charge in [0.05, 0.1) is 5.56 Å². The van der Waals surface area contributed by atoms with Crippen LogP contribution in [0.3, 0.4) is 0 Å². The number of Topliss-reactive ketones (excluding diaryl/α,β-unsaturated/α-hetero) is 1. The summed E-state index contributed by atoms with van der Waals surface area (Å²) in [5.74, 6) is -1.14. The number of esters is 1. The number of nitrogens with one attached hydrogen (secondary N) is 1. The van der Waals surface area contributed by atoms with E-state index < -0.39 is 18.7 Å². The smallest absolute Gasteiger partial charge is 0.387 e. The molecule has 0 radical (unpaired) electrons. The van der Waals surface area contributed by atoms with Crippen LogP contribution in [0.25, 0.3) is 10.9 Å². The van der Waals surface area contributed by atoms with Crippen molar-refractivity contribution in [2.24, 2.45) is 0 Å². The third-order valence-electron chi connectivity index (χ3n) is 3.82. The lowest BCUT2D eigenvalue weighted by Gasteiger charge is -2.12. The number of ketones is 1. The average molecular weight is 359 g/mol. The number of H-pyrrole nitrogens is 1. The Balaban J connectivity index is 1.69. The van der Waals surface area contributed by atoms with E-state index in [1.807, 2.05) is 18.2 Å². The maximum atomic E-state index is 12.6. The van der Waals surface area contributed by atoms with E-state index in [2.05, 4.69) is 9.72 Å². The largest absolute Gasteiger partial charge is 0.451 e. The first-order valence-corrected chi connectivity index (χ1v) is 7.82. The first-order valence-electron chi connectivity index (χ1n) is 7.82. The van der Waals surface area contributed by atoms with Gasteiger partial charge in [-0.3, -0.25) is 4.79 Å². The van der Waals surface area contributed by atoms with Crippen LogP contribution in [0.2, 0.25) is 0 Å². The van der Waals surface area contributed by atoms with E-state index in [4.69, 9.17) is 4.74 Å². The second-order valence-corrected chi connectivity index (χ2v) is 5.56. The normalized spacial score (nSPS) is 12.2. The zero-order valence-electron chi connectivity index (χ0n) is 13.7. The summed E-state index contributed by atoms with van der Waals surface area (Å²) < 4.78 is 33.7. The minimum absolute atomic E-state index is 0.0699. The van der Waals surface area contributed by atoms with Gasteiger partial charge < -0.3 is 14.5 Å². The van der Waals surface area contributed by atoms with Gasteiger partial charge in [-0.25, -0.2) is 4.79 Å². The van der Waals surface area contributed by atoms with Crippen molar-refractivity contribution in [1.82, 2.24) is 4.98 Å². The topological polar surface area (TPSA) is 68.4 Å². The summed E-state index contributed by atoms with van der Waals surface area (Å²) in [5, 5.41) is 0.744. The Morgan fingerprint density at radius 3 is 2.42 bits per heavy atom. The monoisotopic (exact) mass is 359 g/mol. The number of aromatic nitrogens is 1. The molecule has 0 fully saturated rings. The van der Waals surface area contributed by atoms with Crippen molar-refractivity contribution in [2.45, 2.75) is 19.6 Å². The number of fused-ring (bicyclic) bond motifs is 1. The second kappa shape index (κ2) is 7.35. The Morgan fingerprint density at radius 2 is 1.73 bits per heavy atom. The van der Waals surface area contributed by atoms with E-state index in [-0.39, 0.29) is 17.1 Å². The Hall–Kier alpha value is -3.22. The van der Waals surface area contributed by atoms with Crippen molar-refractivity contribution >= 4 is 22.7 Å². The minimum Gasteiger partial charge on any atom is -0.451 e. The maximum absolute atomic E-state index is 12.6. The average Bonchev–Trinajstić information content (AvgIpc) is 3.05. The molecule has 0 saturated carbocycles. The minimum atomic E-state index is -2.94. The quantitative estimate of drug-likeness (QED) is 0.529. The molecular formula is C19H15F2NO4. The first kappa shape index (κ1) is 17.6. The Labute approximate surface area is 147 Å². The molecular weight excluding hydrogens is 344 g/mol. The number of benzene rings is 2. The van der Waals surface area contributed by atoms with Crippen molar-refractivity contribution in [3.63, 3.8) is 0 Å². The summed E-state index contributed by atoms with van der Waals surface area (Å²) in [5.41, 5.74) is 1.37. The molecule has 0 aliphatic heterocycles. The molecule has 0 spiro atoms. The number of carbonyl (C=O) groups excluding carboxylic acids is 2. The summed E-state index contributed by atoms with van der Waals surface area (Å²) in [6.07, 6.45) is 0.576. The predicted octanol–water partition coefficient (Wildman–Crippen LogP) is 4.20. The predicted molar refractivity (Wildman–Crippen MR) is 90.6 cm³/mol. The lowest BCUT2D eigenvalue weighted by molar-refractivity contribution is -0.0498. The van der Waals surface area contributed by atoms with Gasteiger partial charge in [-0.2, -0.15) is 8.78 Å². The number of alkyl halides is 2. The fourth-order valence-electron chi connectivity index (χ4n) is 2.55. The molecule has 3 rings (SSSR count). The number of hydrogen-bond donors (Lipinski definition) is 1. The van der Waals surface area contributed by atoms with Crippen LogP contribution in [-0.2, 0) is 4.74 Å². The van der Waals surface area contributed by atoms with Crippen LogP contribution in [0.1, 0.15) is 27.6 Å². The molecule has 0 aliphatic rings. The highest BCUT2D eigenvalue weighted by molar-refractivity contribution is 6.10. The molecule has 2 aromatic carbocycles. The van der Waals surface area contributed by atoms with E-state index in [0.29, 0.717) is 5.56 Å². The number of rotatable bonds is 6. The Morgan fingerprint density at radius 1 is 1.04 bits per heavy atom. The summed E-state index contributed by atoms with van der Waals surface area (Å²) in [4.78, 5) is 27.7. The number of carbonyl (C=O) groups is 2. The van der Waals surface area contributed by atoms with Crippen LogP contribution in [0.5, 0.6) is 5.75 Å². The highest BCUT2D eigenvalue weighted by Gasteiger charge is 2.23. The molecule has 3 aromatic rings. The van der Waals surface area contributed by atoms with Gasteiger partial charge in [-0.15, -0.1) is 0 Å². The van der Waals surface area contributed by atoms with Crippen molar-refractivity contribution in [2.75, 3.05) is 0 Å². The lowest BCUT2D eigenvalue weighted by atomic mass is 10.1. The van der Waals surface area contributed by atoms with Crippen molar-refractivity contribution < 1.29 is 27.8 Å². The molecule has 0 aliphatic carbocycles. The Kier molecular flexibility index (Phi) is 4.97. The molecule has 7 heteroatoms. The molecule has 0 bridgehead atoms. The fraction of sp³-hybridized carbons (Fsp3) is 0.158. The molecule has 26 heavy (non-hydrogen) atoms. The number of halogens is 2. The molecule has 1 N–H and O–H groups in total. The standard InChI is InChI=1S/C19H15F2NO4/c1-11(17(23)15-10-22-16-5-3-2-4-14(15)16)25-18(24)12-6-8-13(9-7-12)26-19(20)21/h2-11,19,22H,1H3/t11-/m0/s1. The third-order valence-corrected chi connectivity index (χ3v) is 3.82. The van der Waals surface area contributed by atoms with Crippen molar-refractivity contribution in [3.8, 4) is 5.75 Å². The van der Waals surface area contributed by atoms with E-state index in [1.54, 1.807) is 12.3 Å². The van der Waals surface area contributed by atoms with E-state index in [0.717, 1.165) is 10.9 Å². The van der Waals surface area contributed by atoms with Crippen LogP contribution in [0.4, 0.5) is 8.78 Å². The van der Waals surface area contributed by atoms with Crippen LogP contribution >= 0.6 is 0 Å². The summed E-state index contributed by atoms with van der Waals surface area (Å²) >= 11 is 0. The van der Waals surface area contributed by atoms with Crippen LogP contribution in [-0.4, -0.2) is 29.5 Å². The first-order chi connectivity index (χ1) is 12.5. The van der Waals surface area contributed by atoms with Crippen molar-refractivity contribution in [1.29, 1.82) is 0 Å². The number of para-hydroxylation sites is 1. The molecule has 5 nitrogen and oxygen atoms in total. The van der Waals surface area contributed by atoms with E-state index in [1.165, 1.54) is 31.2 Å². The number of aromatic amines is 1. The van der Waals surface area contributed by atoms with Crippen LogP contribution in [0.15, 0.2) is 54.7 Å². The zero-order chi connectivity index (χ0) is 18.7. The molecule has 0 saturated heterocycles. The molecule has 0 amide bonds. The number of ether oxygens (including phenoxy) is 2. The van der Waals surface area contributed by atoms with Gasteiger partial charge in [0.25, 0.3) is 0 Å². The molecule has 1 atom stereocenters. The molecule has 1 heterocycles. The Bertz CT molecular complexity index is 934. The third kappa shape index (κ3) is 3.72.